The summed E-state index contributed by atoms with van der Waals surface area (Å²) in [6.07, 6.45) is 0. The molecule has 0 aromatic carbocycles. The lowest BCUT2D eigenvalue weighted by atomic mass is 10.2. The van der Waals surface area contributed by atoms with Gasteiger partial charge >= 0.3 is 0 Å². The topological polar surface area (TPSA) is 71.9 Å². The third-order valence-corrected chi connectivity index (χ3v) is 1.74. The summed E-state index contributed by atoms with van der Waals surface area (Å²) >= 11 is 0. The van der Waals surface area contributed by atoms with Gasteiger partial charge in [0.25, 0.3) is 5.56 Å². The largest absolute Gasteiger partial charge is 0.294 e. The van der Waals surface area contributed by atoms with Gasteiger partial charge in [0.1, 0.15) is 5.56 Å². The minimum Gasteiger partial charge on any atom is -0.294 e. The Morgan fingerprint density at radius 3 is 2.08 bits per heavy atom. The Balaban J connectivity index is 3.49. The van der Waals surface area contributed by atoms with Gasteiger partial charge in [-0.15, -0.1) is 0 Å². The smallest absolute Gasteiger partial charge is 0.284 e. The summed E-state index contributed by atoms with van der Waals surface area (Å²) in [6.45, 7) is 4.13. The lowest BCUT2D eigenvalue weighted by Gasteiger charge is -1.89. The van der Waals surface area contributed by atoms with E-state index in [1.807, 2.05) is 0 Å². The number of H-pyrrole nitrogens is 1. The highest BCUT2D eigenvalue weighted by Gasteiger charge is 2.16. The van der Waals surface area contributed by atoms with E-state index in [1.54, 1.807) is 6.92 Å². The van der Waals surface area contributed by atoms with Crippen LogP contribution in [-0.4, -0.2) is 21.5 Å². The first-order valence-electron chi connectivity index (χ1n) is 3.78. The van der Waals surface area contributed by atoms with Gasteiger partial charge in [0, 0.05) is 12.6 Å². The van der Waals surface area contributed by atoms with Crippen LogP contribution in [0.2, 0.25) is 0 Å². The molecular formula is C8H10N2O3. The van der Waals surface area contributed by atoms with Crippen LogP contribution in [0.5, 0.6) is 0 Å². The number of aromatic nitrogens is 2. The van der Waals surface area contributed by atoms with Crippen molar-refractivity contribution in [1.82, 2.24) is 9.78 Å². The summed E-state index contributed by atoms with van der Waals surface area (Å²) in [5.74, 6) is -0.764. The van der Waals surface area contributed by atoms with Crippen LogP contribution in [0.15, 0.2) is 4.79 Å². The number of aromatic amines is 1. The Hall–Kier alpha value is -1.65. The molecular weight excluding hydrogens is 172 g/mol. The van der Waals surface area contributed by atoms with Gasteiger partial charge in [-0.2, -0.15) is 4.68 Å². The number of ketones is 1. The molecule has 0 unspecified atom stereocenters. The average Bonchev–Trinajstić information content (AvgIpc) is 2.26. The minimum absolute atomic E-state index is 0.0511. The van der Waals surface area contributed by atoms with Crippen LogP contribution in [0.1, 0.15) is 34.7 Å². The van der Waals surface area contributed by atoms with Crippen LogP contribution >= 0.6 is 0 Å². The van der Waals surface area contributed by atoms with Crippen molar-refractivity contribution < 1.29 is 9.59 Å². The highest BCUT2D eigenvalue weighted by atomic mass is 16.2. The van der Waals surface area contributed by atoms with E-state index in [4.69, 9.17) is 0 Å². The quantitative estimate of drug-likeness (QED) is 0.637. The van der Waals surface area contributed by atoms with E-state index in [9.17, 15) is 14.4 Å². The summed E-state index contributed by atoms with van der Waals surface area (Å²) in [6, 6.07) is 0. The van der Waals surface area contributed by atoms with Gasteiger partial charge in [0.15, 0.2) is 5.78 Å². The molecule has 0 saturated carbocycles. The summed E-state index contributed by atoms with van der Waals surface area (Å²) in [4.78, 5) is 33.2. The Morgan fingerprint density at radius 1 is 1.31 bits per heavy atom. The van der Waals surface area contributed by atoms with Gasteiger partial charge in [-0.3, -0.25) is 19.5 Å². The molecule has 0 amide bonds. The number of carbonyl (C=O) groups excluding carboxylic acids is 2. The second kappa shape index (κ2) is 3.01. The van der Waals surface area contributed by atoms with Crippen molar-refractivity contribution in [1.29, 1.82) is 0 Å². The van der Waals surface area contributed by atoms with Crippen LogP contribution < -0.4 is 5.56 Å². The molecule has 0 bridgehead atoms. The zero-order chi connectivity index (χ0) is 10.2. The number of nitrogens with zero attached hydrogens (tertiary/aromatic N) is 1. The molecule has 0 radical (unpaired) electrons. The summed E-state index contributed by atoms with van der Waals surface area (Å²) in [5.41, 5.74) is -0.0969. The first-order valence-corrected chi connectivity index (χ1v) is 3.78. The fourth-order valence-electron chi connectivity index (χ4n) is 1.18. The lowest BCUT2D eigenvalue weighted by Crippen LogP contribution is -2.24. The molecule has 1 rings (SSSR count). The summed E-state index contributed by atoms with van der Waals surface area (Å²) in [7, 11) is 0. The predicted octanol–water partition coefficient (Wildman–Crippen LogP) is 0.348. The van der Waals surface area contributed by atoms with Crippen molar-refractivity contribution in [3.05, 3.63) is 21.6 Å². The fraction of sp³-hybridized carbons (Fsp3) is 0.375. The molecule has 5 nitrogen and oxygen atoms in total. The van der Waals surface area contributed by atoms with E-state index in [1.165, 1.54) is 13.8 Å². The second-order valence-electron chi connectivity index (χ2n) is 2.83. The monoisotopic (exact) mass is 182 g/mol. The average molecular weight is 182 g/mol. The standard InChI is InChI=1S/C8H10N2O3/c1-4-7(5(2)11)8(13)10(9-4)6(3)12/h9H,1-3H3. The van der Waals surface area contributed by atoms with Crippen molar-refractivity contribution in [2.75, 3.05) is 0 Å². The van der Waals surface area contributed by atoms with Gasteiger partial charge in [0.2, 0.25) is 5.91 Å². The molecule has 1 aromatic heterocycles. The van der Waals surface area contributed by atoms with E-state index in [-0.39, 0.29) is 11.3 Å². The lowest BCUT2D eigenvalue weighted by molar-refractivity contribution is 0.0917. The second-order valence-corrected chi connectivity index (χ2v) is 2.83. The van der Waals surface area contributed by atoms with E-state index in [0.717, 1.165) is 4.68 Å². The highest BCUT2D eigenvalue weighted by molar-refractivity contribution is 5.95. The third-order valence-electron chi connectivity index (χ3n) is 1.74. The molecule has 0 spiro atoms. The first kappa shape index (κ1) is 9.44. The normalized spacial score (nSPS) is 10.1. The number of aryl methyl sites for hydroxylation is 1. The third kappa shape index (κ3) is 1.44. The molecule has 1 N–H and O–H groups in total. The zero-order valence-corrected chi connectivity index (χ0v) is 7.67. The number of Topliss-reactive ketones (excluding diaryl/α,β-unsaturated/α-hetero) is 1. The Labute approximate surface area is 74.3 Å². The molecule has 1 heterocycles. The molecule has 0 aliphatic rings. The molecule has 0 saturated heterocycles. The van der Waals surface area contributed by atoms with E-state index >= 15 is 0 Å². The molecule has 13 heavy (non-hydrogen) atoms. The number of carbonyl (C=O) groups is 2. The van der Waals surface area contributed by atoms with Crippen LogP contribution in [0, 0.1) is 6.92 Å². The minimum atomic E-state index is -0.572. The maximum atomic E-state index is 11.4. The molecule has 5 heteroatoms. The molecule has 0 aliphatic heterocycles. The number of rotatable bonds is 1. The van der Waals surface area contributed by atoms with Gasteiger partial charge < -0.3 is 0 Å². The molecule has 0 fully saturated rings. The first-order chi connectivity index (χ1) is 5.95. The van der Waals surface area contributed by atoms with Gasteiger partial charge in [-0.25, -0.2) is 0 Å². The molecule has 0 aliphatic carbocycles. The van der Waals surface area contributed by atoms with E-state index < -0.39 is 11.5 Å². The maximum absolute atomic E-state index is 11.4. The maximum Gasteiger partial charge on any atom is 0.284 e. The van der Waals surface area contributed by atoms with Crippen molar-refractivity contribution in [3.63, 3.8) is 0 Å². The van der Waals surface area contributed by atoms with E-state index in [2.05, 4.69) is 5.10 Å². The Morgan fingerprint density at radius 2 is 1.85 bits per heavy atom. The van der Waals surface area contributed by atoms with Crippen molar-refractivity contribution >= 4 is 11.7 Å². The van der Waals surface area contributed by atoms with Crippen LogP contribution in [0.25, 0.3) is 0 Å². The Kier molecular flexibility index (Phi) is 2.18. The predicted molar refractivity (Wildman–Crippen MR) is 46.1 cm³/mol. The van der Waals surface area contributed by atoms with Gasteiger partial charge in [0.05, 0.1) is 0 Å². The van der Waals surface area contributed by atoms with Gasteiger partial charge in [-0.05, 0) is 13.8 Å². The number of nitrogens with one attached hydrogen (secondary N) is 1. The van der Waals surface area contributed by atoms with Crippen LogP contribution in [-0.2, 0) is 0 Å². The highest BCUT2D eigenvalue weighted by Crippen LogP contribution is 1.99. The Bertz CT molecular complexity index is 425. The summed E-state index contributed by atoms with van der Waals surface area (Å²) < 4.78 is 0.825. The number of hydrogen-bond acceptors (Lipinski definition) is 3. The van der Waals surface area contributed by atoms with Crippen LogP contribution in [0.4, 0.5) is 0 Å². The van der Waals surface area contributed by atoms with Crippen molar-refractivity contribution in [3.8, 4) is 0 Å². The SMILES string of the molecule is CC(=O)c1c(C)[nH]n(C(C)=O)c1=O. The van der Waals surface area contributed by atoms with Crippen molar-refractivity contribution in [2.45, 2.75) is 20.8 Å². The zero-order valence-electron chi connectivity index (χ0n) is 7.67. The van der Waals surface area contributed by atoms with E-state index in [0.29, 0.717) is 5.69 Å². The molecule has 1 aromatic rings. The van der Waals surface area contributed by atoms with Crippen molar-refractivity contribution in [2.24, 2.45) is 0 Å². The molecule has 70 valence electrons. The fourth-order valence-corrected chi connectivity index (χ4v) is 1.18. The number of hydrogen-bond donors (Lipinski definition) is 1. The molecule has 0 atom stereocenters. The van der Waals surface area contributed by atoms with Crippen LogP contribution in [0.3, 0.4) is 0 Å². The van der Waals surface area contributed by atoms with Gasteiger partial charge in [-0.1, -0.05) is 0 Å². The summed E-state index contributed by atoms with van der Waals surface area (Å²) in [5, 5.41) is 2.53.